The molecule has 2 aliphatic rings. The van der Waals surface area contributed by atoms with E-state index in [0.29, 0.717) is 39.3 Å². The van der Waals surface area contributed by atoms with Gasteiger partial charge in [0.1, 0.15) is 5.60 Å². The van der Waals surface area contributed by atoms with Crippen LogP contribution in [0.25, 0.3) is 0 Å². The fourth-order valence-corrected chi connectivity index (χ4v) is 4.10. The van der Waals surface area contributed by atoms with Gasteiger partial charge in [0.15, 0.2) is 0 Å². The number of nitrogens with one attached hydrogen (secondary N) is 1. The van der Waals surface area contributed by atoms with Gasteiger partial charge in [-0.05, 0) is 52.5 Å². The van der Waals surface area contributed by atoms with Gasteiger partial charge in [-0.15, -0.1) is 0 Å². The lowest BCUT2D eigenvalue weighted by molar-refractivity contribution is -0.125. The summed E-state index contributed by atoms with van der Waals surface area (Å²) >= 11 is 0. The summed E-state index contributed by atoms with van der Waals surface area (Å²) < 4.78 is 11.0. The number of aryl methyl sites for hydroxylation is 1. The van der Waals surface area contributed by atoms with Crippen LogP contribution in [0.3, 0.4) is 0 Å². The summed E-state index contributed by atoms with van der Waals surface area (Å²) in [7, 11) is 0. The van der Waals surface area contributed by atoms with Crippen LogP contribution < -0.4 is 5.32 Å². The highest BCUT2D eigenvalue weighted by molar-refractivity contribution is 5.80. The van der Waals surface area contributed by atoms with Crippen molar-refractivity contribution in [2.24, 2.45) is 5.92 Å². The molecule has 6 heteroatoms. The Balaban J connectivity index is 1.59. The van der Waals surface area contributed by atoms with E-state index in [-0.39, 0.29) is 23.3 Å². The molecule has 0 aromatic heterocycles. The molecule has 29 heavy (non-hydrogen) atoms. The second kappa shape index (κ2) is 8.74. The van der Waals surface area contributed by atoms with E-state index >= 15 is 0 Å². The number of benzene rings is 1. The summed E-state index contributed by atoms with van der Waals surface area (Å²) in [6, 6.07) is 8.60. The minimum absolute atomic E-state index is 0.0223. The van der Waals surface area contributed by atoms with Crippen LogP contribution in [0.4, 0.5) is 4.79 Å². The second-order valence-corrected chi connectivity index (χ2v) is 9.39. The highest BCUT2D eigenvalue weighted by Crippen LogP contribution is 2.34. The molecule has 6 nitrogen and oxygen atoms in total. The largest absolute Gasteiger partial charge is 0.444 e. The normalized spacial score (nSPS) is 21.7. The number of nitrogens with zero attached hydrogens (tertiary/aromatic N) is 1. The maximum atomic E-state index is 12.8. The number of amides is 2. The van der Waals surface area contributed by atoms with Gasteiger partial charge in [0.25, 0.3) is 0 Å². The standard InChI is InChI=1S/C23H34N2O4/c1-17-5-7-19(8-6-17)23(10-13-28-14-11-23)16-24-20(26)18-9-12-25(15-18)21(27)29-22(2,3)4/h5-8,18H,9-16H2,1-4H3,(H,24,26). The van der Waals surface area contributed by atoms with Crippen molar-refractivity contribution in [2.45, 2.75) is 58.0 Å². The van der Waals surface area contributed by atoms with Gasteiger partial charge in [-0.25, -0.2) is 4.79 Å². The predicted molar refractivity (Wildman–Crippen MR) is 112 cm³/mol. The number of carbonyl (C=O) groups is 2. The van der Waals surface area contributed by atoms with Crippen LogP contribution in [-0.2, 0) is 19.7 Å². The lowest BCUT2D eigenvalue weighted by atomic mass is 9.74. The molecule has 3 rings (SSSR count). The Labute approximate surface area is 173 Å². The summed E-state index contributed by atoms with van der Waals surface area (Å²) in [4.78, 5) is 26.7. The third-order valence-corrected chi connectivity index (χ3v) is 5.93. The quantitative estimate of drug-likeness (QED) is 0.838. The first-order chi connectivity index (χ1) is 13.7. The smallest absolute Gasteiger partial charge is 0.410 e. The van der Waals surface area contributed by atoms with Crippen LogP contribution >= 0.6 is 0 Å². The third kappa shape index (κ3) is 5.50. The monoisotopic (exact) mass is 402 g/mol. The van der Waals surface area contributed by atoms with E-state index in [1.807, 2.05) is 20.8 Å². The Kier molecular flexibility index (Phi) is 6.52. The van der Waals surface area contributed by atoms with Gasteiger partial charge >= 0.3 is 6.09 Å². The molecule has 2 fully saturated rings. The van der Waals surface area contributed by atoms with Gasteiger partial charge in [0.2, 0.25) is 5.91 Å². The van der Waals surface area contributed by atoms with Crippen molar-refractivity contribution in [3.8, 4) is 0 Å². The molecule has 1 N–H and O–H groups in total. The Morgan fingerprint density at radius 3 is 2.48 bits per heavy atom. The summed E-state index contributed by atoms with van der Waals surface area (Å²) in [5.41, 5.74) is 1.87. The third-order valence-electron chi connectivity index (χ3n) is 5.93. The highest BCUT2D eigenvalue weighted by atomic mass is 16.6. The van der Waals surface area contributed by atoms with Crippen LogP contribution in [0.15, 0.2) is 24.3 Å². The number of hydrogen-bond donors (Lipinski definition) is 1. The van der Waals surface area contributed by atoms with Gasteiger partial charge in [-0.2, -0.15) is 0 Å². The molecular formula is C23H34N2O4. The van der Waals surface area contributed by atoms with Crippen LogP contribution in [0.1, 0.15) is 51.2 Å². The molecule has 2 saturated heterocycles. The van der Waals surface area contributed by atoms with Crippen LogP contribution in [0.5, 0.6) is 0 Å². The first kappa shape index (κ1) is 21.6. The Morgan fingerprint density at radius 2 is 1.86 bits per heavy atom. The van der Waals surface area contributed by atoms with Crippen molar-refractivity contribution >= 4 is 12.0 Å². The summed E-state index contributed by atoms with van der Waals surface area (Å²) in [6.07, 6.45) is 2.12. The van der Waals surface area contributed by atoms with E-state index < -0.39 is 5.60 Å². The Bertz CT molecular complexity index is 717. The molecule has 0 aliphatic carbocycles. The topological polar surface area (TPSA) is 67.9 Å². The highest BCUT2D eigenvalue weighted by Gasteiger charge is 2.37. The lowest BCUT2D eigenvalue weighted by Gasteiger charge is -2.38. The van der Waals surface area contributed by atoms with Gasteiger partial charge in [-0.3, -0.25) is 4.79 Å². The molecule has 1 atom stereocenters. The molecule has 0 radical (unpaired) electrons. The molecule has 0 bridgehead atoms. The average Bonchev–Trinajstić information content (AvgIpc) is 3.17. The van der Waals surface area contributed by atoms with E-state index in [4.69, 9.17) is 9.47 Å². The first-order valence-corrected chi connectivity index (χ1v) is 10.6. The van der Waals surface area contributed by atoms with E-state index in [1.54, 1.807) is 4.90 Å². The van der Waals surface area contributed by atoms with Crippen molar-refractivity contribution in [3.05, 3.63) is 35.4 Å². The van der Waals surface area contributed by atoms with Gasteiger partial charge < -0.3 is 19.7 Å². The summed E-state index contributed by atoms with van der Waals surface area (Å²) in [6.45, 7) is 10.6. The predicted octanol–water partition coefficient (Wildman–Crippen LogP) is 3.42. The van der Waals surface area contributed by atoms with E-state index in [1.165, 1.54) is 11.1 Å². The van der Waals surface area contributed by atoms with Crippen molar-refractivity contribution in [1.29, 1.82) is 0 Å². The second-order valence-electron chi connectivity index (χ2n) is 9.39. The summed E-state index contributed by atoms with van der Waals surface area (Å²) in [5.74, 6) is -0.161. The molecule has 1 aromatic rings. The maximum absolute atomic E-state index is 12.8. The molecule has 1 aromatic carbocycles. The minimum atomic E-state index is -0.527. The van der Waals surface area contributed by atoms with Crippen LogP contribution in [0.2, 0.25) is 0 Å². The number of ether oxygens (including phenoxy) is 2. The van der Waals surface area contributed by atoms with Crippen LogP contribution in [-0.4, -0.2) is 55.3 Å². The lowest BCUT2D eigenvalue weighted by Crippen LogP contribution is -2.46. The Morgan fingerprint density at radius 1 is 1.21 bits per heavy atom. The molecule has 160 valence electrons. The number of likely N-dealkylation sites (tertiary alicyclic amines) is 1. The number of hydrogen-bond acceptors (Lipinski definition) is 4. The number of carbonyl (C=O) groups excluding carboxylic acids is 2. The van der Waals surface area contributed by atoms with E-state index in [2.05, 4.69) is 36.5 Å². The zero-order valence-electron chi connectivity index (χ0n) is 18.1. The molecule has 2 aliphatic heterocycles. The molecule has 2 amide bonds. The molecular weight excluding hydrogens is 368 g/mol. The molecule has 0 spiro atoms. The van der Waals surface area contributed by atoms with Gasteiger partial charge in [0, 0.05) is 38.3 Å². The zero-order chi connectivity index (χ0) is 21.1. The summed E-state index contributed by atoms with van der Waals surface area (Å²) in [5, 5.41) is 3.18. The fraction of sp³-hybridized carbons (Fsp3) is 0.652. The number of rotatable bonds is 4. The van der Waals surface area contributed by atoms with E-state index in [9.17, 15) is 9.59 Å². The SMILES string of the molecule is Cc1ccc(C2(CNC(=O)C3CCN(C(=O)OC(C)(C)C)C3)CCOCC2)cc1. The van der Waals surface area contributed by atoms with E-state index in [0.717, 1.165) is 12.8 Å². The fourth-order valence-electron chi connectivity index (χ4n) is 4.10. The van der Waals surface area contributed by atoms with Gasteiger partial charge in [-0.1, -0.05) is 29.8 Å². The van der Waals surface area contributed by atoms with Crippen molar-refractivity contribution in [2.75, 3.05) is 32.8 Å². The average molecular weight is 403 g/mol. The molecule has 1 unspecified atom stereocenters. The van der Waals surface area contributed by atoms with Gasteiger partial charge in [0.05, 0.1) is 5.92 Å². The minimum Gasteiger partial charge on any atom is -0.444 e. The van der Waals surface area contributed by atoms with Crippen molar-refractivity contribution < 1.29 is 19.1 Å². The van der Waals surface area contributed by atoms with Crippen molar-refractivity contribution in [3.63, 3.8) is 0 Å². The first-order valence-electron chi connectivity index (χ1n) is 10.6. The maximum Gasteiger partial charge on any atom is 0.410 e. The zero-order valence-corrected chi connectivity index (χ0v) is 18.1. The van der Waals surface area contributed by atoms with Crippen LogP contribution in [0, 0.1) is 12.8 Å². The Hall–Kier alpha value is -2.08. The molecule has 0 saturated carbocycles. The molecule has 2 heterocycles. The van der Waals surface area contributed by atoms with Crippen molar-refractivity contribution in [1.82, 2.24) is 10.2 Å².